The van der Waals surface area contributed by atoms with Crippen LogP contribution in [0.1, 0.15) is 35.8 Å². The summed E-state index contributed by atoms with van der Waals surface area (Å²) in [6, 6.07) is 0. The molecule has 1 saturated heterocycles. The number of nitrogens with zero attached hydrogens (tertiary/aromatic N) is 5. The zero-order chi connectivity index (χ0) is 17.5. The lowest BCUT2D eigenvalue weighted by Gasteiger charge is -2.30. The Labute approximate surface area is 142 Å². The van der Waals surface area contributed by atoms with Crippen LogP contribution in [0.15, 0.2) is 12.4 Å². The van der Waals surface area contributed by atoms with Gasteiger partial charge in [-0.1, -0.05) is 0 Å². The molecule has 1 aliphatic rings. The van der Waals surface area contributed by atoms with Gasteiger partial charge in [-0.25, -0.2) is 12.7 Å². The fourth-order valence-corrected chi connectivity index (χ4v) is 4.22. The molecule has 0 aromatic carbocycles. The largest absolute Gasteiger partial charge is 0.272 e. The van der Waals surface area contributed by atoms with Crippen molar-refractivity contribution in [1.82, 2.24) is 24.1 Å². The highest BCUT2D eigenvalue weighted by Gasteiger charge is 2.27. The number of aromatic nitrogens is 4. The topological polar surface area (TPSA) is 81.0 Å². The molecule has 130 valence electrons. The summed E-state index contributed by atoms with van der Waals surface area (Å²) in [4.78, 5) is 9.13. The fraction of sp³-hybridized carbons (Fsp3) is 0.562. The number of aryl methyl sites for hydroxylation is 2. The van der Waals surface area contributed by atoms with Crippen molar-refractivity contribution >= 4 is 10.0 Å². The standard InChI is InChI=1S/C16H23N5O2S/c1-11-16(12(2)20(3)19-11)15-9-17-14(8-18-15)13-6-5-7-21(10-13)24(4,22)23/h8-9,13H,5-7,10H2,1-4H3/t13-/m1/s1. The SMILES string of the molecule is Cc1nn(C)c(C)c1-c1cnc([C@@H]2CCCN(S(C)(=O)=O)C2)cn1. The van der Waals surface area contributed by atoms with E-state index in [2.05, 4.69) is 15.1 Å². The van der Waals surface area contributed by atoms with Crippen molar-refractivity contribution in [1.29, 1.82) is 0 Å². The first kappa shape index (κ1) is 17.0. The van der Waals surface area contributed by atoms with E-state index in [-0.39, 0.29) is 5.92 Å². The van der Waals surface area contributed by atoms with Gasteiger partial charge >= 0.3 is 0 Å². The van der Waals surface area contributed by atoms with E-state index >= 15 is 0 Å². The van der Waals surface area contributed by atoms with Crippen molar-refractivity contribution in [3.63, 3.8) is 0 Å². The molecular formula is C16H23N5O2S. The van der Waals surface area contributed by atoms with Crippen molar-refractivity contribution < 1.29 is 8.42 Å². The van der Waals surface area contributed by atoms with E-state index in [1.807, 2.05) is 25.6 Å². The molecule has 0 spiro atoms. The molecule has 0 N–H and O–H groups in total. The molecule has 8 heteroatoms. The van der Waals surface area contributed by atoms with Crippen LogP contribution in [0.25, 0.3) is 11.3 Å². The first-order valence-corrected chi connectivity index (χ1v) is 9.90. The Hall–Kier alpha value is -1.80. The summed E-state index contributed by atoms with van der Waals surface area (Å²) in [6.45, 7) is 5.05. The highest BCUT2D eigenvalue weighted by Crippen LogP contribution is 2.28. The summed E-state index contributed by atoms with van der Waals surface area (Å²) in [5, 5.41) is 4.41. The molecule has 2 aromatic rings. The van der Waals surface area contributed by atoms with E-state index in [0.29, 0.717) is 13.1 Å². The van der Waals surface area contributed by atoms with Gasteiger partial charge < -0.3 is 0 Å². The monoisotopic (exact) mass is 349 g/mol. The maximum atomic E-state index is 11.8. The second kappa shape index (κ2) is 6.25. The van der Waals surface area contributed by atoms with Gasteiger partial charge in [0, 0.05) is 43.5 Å². The fourth-order valence-electron chi connectivity index (χ4n) is 3.31. The van der Waals surface area contributed by atoms with Gasteiger partial charge in [0.15, 0.2) is 0 Å². The molecule has 7 nitrogen and oxygen atoms in total. The minimum absolute atomic E-state index is 0.103. The number of piperidine rings is 1. The van der Waals surface area contributed by atoms with Crippen LogP contribution < -0.4 is 0 Å². The second-order valence-electron chi connectivity index (χ2n) is 6.46. The Kier molecular flexibility index (Phi) is 4.44. The summed E-state index contributed by atoms with van der Waals surface area (Å²) >= 11 is 0. The zero-order valence-electron chi connectivity index (χ0n) is 14.5. The molecule has 24 heavy (non-hydrogen) atoms. The second-order valence-corrected chi connectivity index (χ2v) is 8.44. The molecule has 1 fully saturated rings. The number of hydrogen-bond acceptors (Lipinski definition) is 5. The smallest absolute Gasteiger partial charge is 0.211 e. The molecule has 1 atom stereocenters. The van der Waals surface area contributed by atoms with Gasteiger partial charge in [0.05, 0.1) is 29.5 Å². The molecule has 0 radical (unpaired) electrons. The average molecular weight is 349 g/mol. The Morgan fingerprint density at radius 3 is 2.50 bits per heavy atom. The third-order valence-corrected chi connectivity index (χ3v) is 5.98. The third kappa shape index (κ3) is 3.21. The van der Waals surface area contributed by atoms with Gasteiger partial charge in [0.1, 0.15) is 0 Å². The summed E-state index contributed by atoms with van der Waals surface area (Å²) < 4.78 is 26.9. The quantitative estimate of drug-likeness (QED) is 0.841. The first-order valence-electron chi connectivity index (χ1n) is 8.05. The molecule has 0 aliphatic carbocycles. The van der Waals surface area contributed by atoms with Crippen LogP contribution in [0.3, 0.4) is 0 Å². The molecular weight excluding hydrogens is 326 g/mol. The lowest BCUT2D eigenvalue weighted by molar-refractivity contribution is 0.314. The van der Waals surface area contributed by atoms with E-state index in [1.165, 1.54) is 10.6 Å². The van der Waals surface area contributed by atoms with Gasteiger partial charge in [0.2, 0.25) is 10.0 Å². The van der Waals surface area contributed by atoms with E-state index in [1.54, 1.807) is 12.4 Å². The number of rotatable bonds is 3. The molecule has 1 aliphatic heterocycles. The zero-order valence-corrected chi connectivity index (χ0v) is 15.3. The van der Waals surface area contributed by atoms with E-state index in [0.717, 1.165) is 41.2 Å². The predicted octanol–water partition coefficient (Wildman–Crippen LogP) is 1.63. The highest BCUT2D eigenvalue weighted by molar-refractivity contribution is 7.88. The molecule has 0 saturated carbocycles. The minimum Gasteiger partial charge on any atom is -0.272 e. The summed E-state index contributed by atoms with van der Waals surface area (Å²) in [7, 11) is -1.24. The lowest BCUT2D eigenvalue weighted by Crippen LogP contribution is -2.38. The lowest BCUT2D eigenvalue weighted by atomic mass is 9.96. The molecule has 3 rings (SSSR count). The van der Waals surface area contributed by atoms with Crippen LogP contribution in [-0.2, 0) is 17.1 Å². The van der Waals surface area contributed by atoms with Crippen molar-refractivity contribution in [2.45, 2.75) is 32.6 Å². The van der Waals surface area contributed by atoms with Crippen LogP contribution in [0.5, 0.6) is 0 Å². The van der Waals surface area contributed by atoms with Crippen molar-refractivity contribution in [3.8, 4) is 11.3 Å². The van der Waals surface area contributed by atoms with Gasteiger partial charge in [-0.15, -0.1) is 0 Å². The van der Waals surface area contributed by atoms with E-state index in [9.17, 15) is 8.42 Å². The maximum Gasteiger partial charge on any atom is 0.211 e. The van der Waals surface area contributed by atoms with Crippen molar-refractivity contribution in [3.05, 3.63) is 29.5 Å². The van der Waals surface area contributed by atoms with Gasteiger partial charge in [-0.2, -0.15) is 5.10 Å². The third-order valence-electron chi connectivity index (χ3n) is 4.71. The average Bonchev–Trinajstić information content (AvgIpc) is 2.80. The molecule has 3 heterocycles. The Balaban J connectivity index is 1.84. The normalized spacial score (nSPS) is 19.6. The molecule has 0 bridgehead atoms. The maximum absolute atomic E-state index is 11.8. The van der Waals surface area contributed by atoms with Crippen LogP contribution in [-0.4, -0.2) is 51.8 Å². The van der Waals surface area contributed by atoms with Gasteiger partial charge in [-0.05, 0) is 26.7 Å². The van der Waals surface area contributed by atoms with Crippen LogP contribution in [0.4, 0.5) is 0 Å². The van der Waals surface area contributed by atoms with Crippen LogP contribution in [0.2, 0.25) is 0 Å². The number of hydrogen-bond donors (Lipinski definition) is 0. The molecule has 2 aromatic heterocycles. The van der Waals surface area contributed by atoms with Gasteiger partial charge in [-0.3, -0.25) is 14.6 Å². The van der Waals surface area contributed by atoms with Gasteiger partial charge in [0.25, 0.3) is 0 Å². The minimum atomic E-state index is -3.15. The summed E-state index contributed by atoms with van der Waals surface area (Å²) in [6.07, 6.45) is 6.59. The van der Waals surface area contributed by atoms with E-state index in [4.69, 9.17) is 0 Å². The first-order chi connectivity index (χ1) is 11.3. The Bertz CT molecular complexity index is 842. The van der Waals surface area contributed by atoms with Crippen molar-refractivity contribution in [2.24, 2.45) is 7.05 Å². The highest BCUT2D eigenvalue weighted by atomic mass is 32.2. The Morgan fingerprint density at radius 2 is 1.96 bits per heavy atom. The summed E-state index contributed by atoms with van der Waals surface area (Å²) in [5.41, 5.74) is 4.65. The van der Waals surface area contributed by atoms with Crippen LogP contribution >= 0.6 is 0 Å². The van der Waals surface area contributed by atoms with E-state index < -0.39 is 10.0 Å². The molecule has 0 unspecified atom stereocenters. The Morgan fingerprint density at radius 1 is 1.21 bits per heavy atom. The van der Waals surface area contributed by atoms with Crippen molar-refractivity contribution in [2.75, 3.05) is 19.3 Å². The predicted molar refractivity (Wildman–Crippen MR) is 92.1 cm³/mol. The summed E-state index contributed by atoms with van der Waals surface area (Å²) in [5.74, 6) is 0.103. The number of sulfonamides is 1. The van der Waals surface area contributed by atoms with Crippen LogP contribution in [0, 0.1) is 13.8 Å². The molecule has 0 amide bonds.